The number of benzene rings is 2. The summed E-state index contributed by atoms with van der Waals surface area (Å²) in [6.07, 6.45) is 2.76. The summed E-state index contributed by atoms with van der Waals surface area (Å²) in [6.45, 7) is 4.11. The van der Waals surface area contributed by atoms with E-state index in [0.29, 0.717) is 24.4 Å². The molecule has 4 rings (SSSR count). The van der Waals surface area contributed by atoms with Gasteiger partial charge in [-0.15, -0.1) is 0 Å². The van der Waals surface area contributed by atoms with E-state index in [1.165, 1.54) is 16.4 Å². The Kier molecular flexibility index (Phi) is 6.18. The van der Waals surface area contributed by atoms with Gasteiger partial charge in [0.2, 0.25) is 15.9 Å². The van der Waals surface area contributed by atoms with Crippen LogP contribution in [0.2, 0.25) is 0 Å². The average molecular weight is 459 g/mol. The fourth-order valence-corrected chi connectivity index (χ4v) is 6.43. The molecule has 2 fully saturated rings. The van der Waals surface area contributed by atoms with Crippen molar-refractivity contribution in [2.75, 3.05) is 4.90 Å². The normalized spacial score (nSPS) is 20.2. The summed E-state index contributed by atoms with van der Waals surface area (Å²) in [4.78, 5) is 27.3. The van der Waals surface area contributed by atoms with Crippen LogP contribution in [-0.4, -0.2) is 36.6 Å². The number of nitrogens with zero attached hydrogens (tertiary/aromatic N) is 2. The van der Waals surface area contributed by atoms with Crippen molar-refractivity contribution in [3.05, 3.63) is 59.9 Å². The molecule has 1 saturated heterocycles. The third-order valence-corrected chi connectivity index (χ3v) is 8.30. The Morgan fingerprint density at radius 1 is 0.969 bits per heavy atom. The molecule has 2 aromatic rings. The van der Waals surface area contributed by atoms with Gasteiger partial charge in [-0.05, 0) is 60.7 Å². The third kappa shape index (κ3) is 4.09. The Morgan fingerprint density at radius 2 is 1.56 bits per heavy atom. The van der Waals surface area contributed by atoms with Crippen LogP contribution in [0.15, 0.2) is 53.4 Å². The molecule has 2 amide bonds. The summed E-state index contributed by atoms with van der Waals surface area (Å²) in [5.41, 5.74) is 1.52. The summed E-state index contributed by atoms with van der Waals surface area (Å²) >= 11 is 0. The van der Waals surface area contributed by atoms with Crippen LogP contribution in [0.3, 0.4) is 0 Å². The average Bonchev–Trinajstić information content (AvgIpc) is 3.37. The highest BCUT2D eigenvalue weighted by Gasteiger charge is 2.49. The van der Waals surface area contributed by atoms with Crippen LogP contribution in [0.5, 0.6) is 0 Å². The lowest BCUT2D eigenvalue weighted by molar-refractivity contribution is -0.122. The molecule has 0 bridgehead atoms. The number of hydrogen-bond acceptors (Lipinski definition) is 4. The van der Waals surface area contributed by atoms with Gasteiger partial charge < -0.3 is 0 Å². The van der Waals surface area contributed by atoms with E-state index in [1.54, 1.807) is 12.1 Å². The summed E-state index contributed by atoms with van der Waals surface area (Å²) in [6, 6.07) is 10.3. The van der Waals surface area contributed by atoms with Crippen molar-refractivity contribution in [3.8, 4) is 0 Å². The zero-order valence-corrected chi connectivity index (χ0v) is 19.0. The molecule has 6 nitrogen and oxygen atoms in total. The minimum absolute atomic E-state index is 0.0780. The fraction of sp³-hybridized carbons (Fsp3) is 0.417. The van der Waals surface area contributed by atoms with Crippen molar-refractivity contribution in [2.45, 2.75) is 68.8 Å². The Morgan fingerprint density at radius 3 is 2.12 bits per heavy atom. The van der Waals surface area contributed by atoms with E-state index in [-0.39, 0.29) is 17.4 Å². The van der Waals surface area contributed by atoms with Gasteiger partial charge in [0.05, 0.1) is 17.0 Å². The summed E-state index contributed by atoms with van der Waals surface area (Å²) in [7, 11) is -4.10. The zero-order chi connectivity index (χ0) is 23.0. The predicted molar refractivity (Wildman–Crippen MR) is 119 cm³/mol. The van der Waals surface area contributed by atoms with Crippen molar-refractivity contribution in [1.29, 1.82) is 0 Å². The molecular weight excluding hydrogens is 431 g/mol. The van der Waals surface area contributed by atoms with Crippen LogP contribution < -0.4 is 4.90 Å². The summed E-state index contributed by atoms with van der Waals surface area (Å²) in [5, 5.41) is 0. The van der Waals surface area contributed by atoms with Crippen molar-refractivity contribution in [1.82, 2.24) is 4.31 Å². The Balaban J connectivity index is 1.70. The summed E-state index contributed by atoms with van der Waals surface area (Å²) in [5.74, 6) is -1.19. The van der Waals surface area contributed by atoms with Gasteiger partial charge in [-0.25, -0.2) is 17.7 Å². The Labute approximate surface area is 188 Å². The molecule has 170 valence electrons. The molecule has 8 heteroatoms. The number of hydrogen-bond donors (Lipinski definition) is 0. The molecule has 1 saturated carbocycles. The van der Waals surface area contributed by atoms with Gasteiger partial charge in [-0.2, -0.15) is 4.31 Å². The van der Waals surface area contributed by atoms with Crippen LogP contribution in [0.25, 0.3) is 0 Å². The molecule has 1 aliphatic heterocycles. The Hall–Kier alpha value is -2.58. The highest BCUT2D eigenvalue weighted by Crippen LogP contribution is 2.36. The number of rotatable bonds is 6. The molecule has 1 heterocycles. The molecule has 0 spiro atoms. The second-order valence-corrected chi connectivity index (χ2v) is 10.6. The zero-order valence-electron chi connectivity index (χ0n) is 18.2. The van der Waals surface area contributed by atoms with E-state index < -0.39 is 33.7 Å². The van der Waals surface area contributed by atoms with Gasteiger partial charge in [-0.3, -0.25) is 9.59 Å². The SMILES string of the molecule is CC(C)c1ccc(N2C(=O)CC(N(C3CCCC3)S(=O)(=O)c3ccc(F)cc3)C2=O)cc1. The number of carbonyl (C=O) groups excluding carboxylic acids is 2. The van der Waals surface area contributed by atoms with E-state index in [1.807, 2.05) is 12.1 Å². The van der Waals surface area contributed by atoms with E-state index >= 15 is 0 Å². The van der Waals surface area contributed by atoms with Crippen LogP contribution >= 0.6 is 0 Å². The number of halogens is 1. The molecule has 2 aliphatic rings. The number of imide groups is 1. The number of carbonyl (C=O) groups is 2. The highest BCUT2D eigenvalue weighted by molar-refractivity contribution is 7.89. The first-order valence-electron chi connectivity index (χ1n) is 11.0. The second kappa shape index (κ2) is 8.75. The van der Waals surface area contributed by atoms with Gasteiger partial charge in [0.15, 0.2) is 0 Å². The first kappa shape index (κ1) is 22.6. The van der Waals surface area contributed by atoms with Crippen LogP contribution in [0.1, 0.15) is 57.4 Å². The first-order valence-corrected chi connectivity index (χ1v) is 12.4. The minimum Gasteiger partial charge on any atom is -0.274 e. The monoisotopic (exact) mass is 458 g/mol. The number of anilines is 1. The molecular formula is C24H27FN2O4S. The molecule has 32 heavy (non-hydrogen) atoms. The van der Waals surface area contributed by atoms with E-state index in [2.05, 4.69) is 13.8 Å². The van der Waals surface area contributed by atoms with Crippen molar-refractivity contribution in [2.24, 2.45) is 0 Å². The van der Waals surface area contributed by atoms with E-state index in [4.69, 9.17) is 0 Å². The maximum Gasteiger partial charge on any atom is 0.252 e. The third-order valence-electron chi connectivity index (χ3n) is 6.32. The lowest BCUT2D eigenvalue weighted by Gasteiger charge is -2.32. The smallest absolute Gasteiger partial charge is 0.252 e. The highest BCUT2D eigenvalue weighted by atomic mass is 32.2. The largest absolute Gasteiger partial charge is 0.274 e. The number of amides is 2. The van der Waals surface area contributed by atoms with Gasteiger partial charge in [0, 0.05) is 6.04 Å². The molecule has 2 aromatic carbocycles. The van der Waals surface area contributed by atoms with Crippen LogP contribution in [-0.2, 0) is 19.6 Å². The van der Waals surface area contributed by atoms with Gasteiger partial charge in [0.1, 0.15) is 11.9 Å². The van der Waals surface area contributed by atoms with E-state index in [9.17, 15) is 22.4 Å². The maximum absolute atomic E-state index is 13.6. The van der Waals surface area contributed by atoms with Crippen LogP contribution in [0, 0.1) is 5.82 Å². The van der Waals surface area contributed by atoms with Crippen molar-refractivity contribution < 1.29 is 22.4 Å². The van der Waals surface area contributed by atoms with Crippen molar-refractivity contribution >= 4 is 27.5 Å². The standard InChI is InChI=1S/C24H27FN2O4S/c1-16(2)17-7-11-19(12-8-17)26-23(28)15-22(24(26)29)27(20-5-3-4-6-20)32(30,31)21-13-9-18(25)10-14-21/h7-14,16,20,22H,3-6,15H2,1-2H3. The molecule has 0 radical (unpaired) electrons. The fourth-order valence-electron chi connectivity index (χ4n) is 4.60. The molecule has 0 aromatic heterocycles. The van der Waals surface area contributed by atoms with Gasteiger partial charge in [-0.1, -0.05) is 38.8 Å². The molecule has 1 unspecified atom stereocenters. The molecule has 1 aliphatic carbocycles. The maximum atomic E-state index is 13.6. The lowest BCUT2D eigenvalue weighted by Crippen LogP contribution is -2.49. The second-order valence-electron chi connectivity index (χ2n) is 8.76. The Bertz CT molecular complexity index is 1110. The lowest BCUT2D eigenvalue weighted by atomic mass is 10.0. The predicted octanol–water partition coefficient (Wildman–Crippen LogP) is 4.21. The minimum atomic E-state index is -4.10. The van der Waals surface area contributed by atoms with E-state index in [0.717, 1.165) is 35.4 Å². The quantitative estimate of drug-likeness (QED) is 0.608. The molecule has 1 atom stereocenters. The molecule has 0 N–H and O–H groups in total. The van der Waals surface area contributed by atoms with Crippen molar-refractivity contribution in [3.63, 3.8) is 0 Å². The number of sulfonamides is 1. The summed E-state index contributed by atoms with van der Waals surface area (Å²) < 4.78 is 41.7. The topological polar surface area (TPSA) is 74.8 Å². The van der Waals surface area contributed by atoms with Gasteiger partial charge in [0.25, 0.3) is 5.91 Å². The first-order chi connectivity index (χ1) is 15.2. The van der Waals surface area contributed by atoms with Gasteiger partial charge >= 0.3 is 0 Å². The van der Waals surface area contributed by atoms with Crippen LogP contribution in [0.4, 0.5) is 10.1 Å².